The minimum atomic E-state index is -0.0386. The fourth-order valence-electron chi connectivity index (χ4n) is 3.23. The Morgan fingerprint density at radius 2 is 2.15 bits per heavy atom. The van der Waals surface area contributed by atoms with Crippen molar-refractivity contribution in [3.05, 3.63) is 53.4 Å². The van der Waals surface area contributed by atoms with Crippen molar-refractivity contribution in [3.63, 3.8) is 0 Å². The van der Waals surface area contributed by atoms with Crippen LogP contribution in [0.2, 0.25) is 0 Å². The molecule has 1 atom stereocenters. The van der Waals surface area contributed by atoms with Gasteiger partial charge in [-0.3, -0.25) is 4.79 Å². The third-order valence-corrected chi connectivity index (χ3v) is 5.50. The van der Waals surface area contributed by atoms with Crippen molar-refractivity contribution in [3.8, 4) is 11.5 Å². The molecule has 7 heteroatoms. The summed E-state index contributed by atoms with van der Waals surface area (Å²) in [6.07, 6.45) is 3.26. The minimum absolute atomic E-state index is 0.0197. The van der Waals surface area contributed by atoms with Crippen LogP contribution in [0.1, 0.15) is 24.4 Å². The van der Waals surface area contributed by atoms with E-state index in [0.717, 1.165) is 34.6 Å². The molecule has 0 aliphatic carbocycles. The van der Waals surface area contributed by atoms with Crippen LogP contribution in [0.4, 0.5) is 0 Å². The van der Waals surface area contributed by atoms with Crippen LogP contribution in [0.25, 0.3) is 0 Å². The molecule has 138 valence electrons. The quantitative estimate of drug-likeness (QED) is 0.442. The number of ether oxygens (including phenoxy) is 2. The lowest BCUT2D eigenvalue weighted by molar-refractivity contribution is -0.645. The first-order chi connectivity index (χ1) is 12.6. The van der Waals surface area contributed by atoms with Crippen LogP contribution in [0.15, 0.2) is 47.6 Å². The van der Waals surface area contributed by atoms with Crippen LogP contribution >= 0.6 is 11.8 Å². The number of rotatable bonds is 6. The number of hydrogen-bond acceptors (Lipinski definition) is 5. The second-order valence-electron chi connectivity index (χ2n) is 6.01. The Hall–Kier alpha value is -2.41. The number of methoxy groups -OCH3 is 2. The summed E-state index contributed by atoms with van der Waals surface area (Å²) < 4.78 is 11.6. The van der Waals surface area contributed by atoms with E-state index < -0.39 is 0 Å². The van der Waals surface area contributed by atoms with Gasteiger partial charge in [-0.2, -0.15) is 4.73 Å². The molecule has 1 aliphatic heterocycles. The summed E-state index contributed by atoms with van der Waals surface area (Å²) in [6, 6.07) is 10.8. The molecule has 6 nitrogen and oxygen atoms in total. The molecular weight excluding hydrogens is 352 g/mol. The molecule has 0 N–H and O–H groups in total. The zero-order chi connectivity index (χ0) is 18.5. The lowest BCUT2D eigenvalue weighted by atomic mass is 10.0. The average molecular weight is 374 g/mol. The summed E-state index contributed by atoms with van der Waals surface area (Å²) in [6.45, 7) is 0.705. The predicted octanol–water partition coefficient (Wildman–Crippen LogP) is 2.79. The highest BCUT2D eigenvalue weighted by Gasteiger charge is 2.32. The number of benzene rings is 1. The number of amides is 1. The van der Waals surface area contributed by atoms with Gasteiger partial charge in [-0.05, 0) is 48.9 Å². The third kappa shape index (κ3) is 3.88. The van der Waals surface area contributed by atoms with E-state index in [1.165, 1.54) is 18.0 Å². The van der Waals surface area contributed by atoms with Gasteiger partial charge in [-0.25, -0.2) is 0 Å². The molecule has 2 heterocycles. The van der Waals surface area contributed by atoms with Gasteiger partial charge >= 0.3 is 0 Å². The highest BCUT2D eigenvalue weighted by Crippen LogP contribution is 2.39. The number of carbonyl (C=O) groups excluding carboxylic acids is 1. The number of carbonyl (C=O) groups is 1. The van der Waals surface area contributed by atoms with Gasteiger partial charge < -0.3 is 19.6 Å². The summed E-state index contributed by atoms with van der Waals surface area (Å²) in [5.41, 5.74) is 0.960. The minimum Gasteiger partial charge on any atom is -0.618 e. The van der Waals surface area contributed by atoms with Gasteiger partial charge in [0.05, 0.1) is 26.0 Å². The van der Waals surface area contributed by atoms with Crippen molar-refractivity contribution in [2.24, 2.45) is 0 Å². The monoisotopic (exact) mass is 374 g/mol. The normalized spacial score (nSPS) is 16.5. The van der Waals surface area contributed by atoms with Crippen molar-refractivity contribution < 1.29 is 19.0 Å². The van der Waals surface area contributed by atoms with Gasteiger partial charge in [0.25, 0.3) is 5.03 Å². The topological polar surface area (TPSA) is 65.7 Å². The molecule has 0 bridgehead atoms. The van der Waals surface area contributed by atoms with E-state index in [4.69, 9.17) is 9.47 Å². The van der Waals surface area contributed by atoms with E-state index >= 15 is 0 Å². The van der Waals surface area contributed by atoms with E-state index in [0.29, 0.717) is 11.6 Å². The molecule has 3 rings (SSSR count). The highest BCUT2D eigenvalue weighted by molar-refractivity contribution is 7.99. The molecule has 0 unspecified atom stereocenters. The largest absolute Gasteiger partial charge is 0.618 e. The SMILES string of the molecule is COc1ccc(OC)c([C@H]2CCCN2C(=O)CSc2cccc[n+]2[O-])c1. The van der Waals surface area contributed by atoms with Gasteiger partial charge in [0.1, 0.15) is 11.5 Å². The smallest absolute Gasteiger partial charge is 0.251 e. The number of thioether (sulfide) groups is 1. The van der Waals surface area contributed by atoms with Crippen LogP contribution in [-0.2, 0) is 4.79 Å². The lowest BCUT2D eigenvalue weighted by Crippen LogP contribution is -2.33. The fourth-order valence-corrected chi connectivity index (χ4v) is 4.03. The molecular formula is C19H22N2O4S. The maximum absolute atomic E-state index is 12.8. The Labute approximate surface area is 157 Å². The molecule has 26 heavy (non-hydrogen) atoms. The van der Waals surface area contributed by atoms with Crippen LogP contribution in [0.3, 0.4) is 0 Å². The first-order valence-electron chi connectivity index (χ1n) is 8.46. The number of aromatic nitrogens is 1. The molecule has 2 aromatic rings. The van der Waals surface area contributed by atoms with E-state index in [-0.39, 0.29) is 17.7 Å². The molecule has 0 radical (unpaired) electrons. The molecule has 1 aromatic carbocycles. The van der Waals surface area contributed by atoms with E-state index in [1.54, 1.807) is 32.4 Å². The Balaban J connectivity index is 1.75. The molecule has 1 saturated heterocycles. The summed E-state index contributed by atoms with van der Waals surface area (Å²) in [5, 5.41) is 12.3. The predicted molar refractivity (Wildman–Crippen MR) is 99.4 cm³/mol. The van der Waals surface area contributed by atoms with Crippen LogP contribution in [-0.4, -0.2) is 37.3 Å². The zero-order valence-corrected chi connectivity index (χ0v) is 15.7. The van der Waals surface area contributed by atoms with Crippen molar-refractivity contribution in [1.82, 2.24) is 4.90 Å². The number of pyridine rings is 1. The summed E-state index contributed by atoms with van der Waals surface area (Å²) in [5.74, 6) is 1.75. The van der Waals surface area contributed by atoms with Gasteiger partial charge in [0, 0.05) is 24.2 Å². The van der Waals surface area contributed by atoms with Crippen LogP contribution < -0.4 is 14.2 Å². The van der Waals surface area contributed by atoms with Crippen molar-refractivity contribution >= 4 is 17.7 Å². The van der Waals surface area contributed by atoms with E-state index in [9.17, 15) is 10.0 Å². The molecule has 1 aliphatic rings. The lowest BCUT2D eigenvalue weighted by Gasteiger charge is -2.26. The summed E-state index contributed by atoms with van der Waals surface area (Å²) in [7, 11) is 3.25. The molecule has 1 fully saturated rings. The molecule has 1 amide bonds. The summed E-state index contributed by atoms with van der Waals surface area (Å²) in [4.78, 5) is 14.7. The third-order valence-electron chi connectivity index (χ3n) is 4.50. The van der Waals surface area contributed by atoms with Crippen molar-refractivity contribution in [1.29, 1.82) is 0 Å². The maximum atomic E-state index is 12.8. The maximum Gasteiger partial charge on any atom is 0.251 e. The van der Waals surface area contributed by atoms with Gasteiger partial charge in [0.2, 0.25) is 5.91 Å². The molecule has 0 saturated carbocycles. The van der Waals surface area contributed by atoms with Gasteiger partial charge in [0.15, 0.2) is 6.20 Å². The highest BCUT2D eigenvalue weighted by atomic mass is 32.2. The van der Waals surface area contributed by atoms with Crippen molar-refractivity contribution in [2.45, 2.75) is 23.9 Å². The number of likely N-dealkylation sites (tertiary alicyclic amines) is 1. The Bertz CT molecular complexity index is 784. The Kier molecular flexibility index (Phi) is 5.88. The Morgan fingerprint density at radius 3 is 2.88 bits per heavy atom. The number of nitrogens with zero attached hydrogens (tertiary/aromatic N) is 2. The van der Waals surface area contributed by atoms with Gasteiger partial charge in [-0.15, -0.1) is 0 Å². The first kappa shape index (κ1) is 18.4. The standard InChI is InChI=1S/C19H22N2O4S/c1-24-14-8-9-17(25-2)15(12-14)16-6-5-10-20(16)18(22)13-26-19-7-3-4-11-21(19)23/h3-4,7-9,11-12,16H,5-6,10,13H2,1-2H3/t16-/m1/s1. The van der Waals surface area contributed by atoms with Crippen LogP contribution in [0, 0.1) is 5.21 Å². The molecule has 0 spiro atoms. The van der Waals surface area contributed by atoms with Gasteiger partial charge in [-0.1, -0.05) is 0 Å². The van der Waals surface area contributed by atoms with Crippen LogP contribution in [0.5, 0.6) is 11.5 Å². The van der Waals surface area contributed by atoms with E-state index in [2.05, 4.69) is 0 Å². The summed E-state index contributed by atoms with van der Waals surface area (Å²) >= 11 is 1.26. The van der Waals surface area contributed by atoms with E-state index in [1.807, 2.05) is 23.1 Å². The Morgan fingerprint density at radius 1 is 1.31 bits per heavy atom. The molecule has 1 aromatic heterocycles. The second-order valence-corrected chi connectivity index (χ2v) is 7.00. The fraction of sp³-hybridized carbons (Fsp3) is 0.368. The first-order valence-corrected chi connectivity index (χ1v) is 9.45. The van der Waals surface area contributed by atoms with Crippen molar-refractivity contribution in [2.75, 3.05) is 26.5 Å². The second kappa shape index (κ2) is 8.31. The zero-order valence-electron chi connectivity index (χ0n) is 14.9. The number of hydrogen-bond donors (Lipinski definition) is 0. The average Bonchev–Trinajstić information content (AvgIpc) is 3.16.